The highest BCUT2D eigenvalue weighted by Crippen LogP contribution is 2.26. The summed E-state index contributed by atoms with van der Waals surface area (Å²) in [5, 5.41) is 8.85. The van der Waals surface area contributed by atoms with Gasteiger partial charge in [0.2, 0.25) is 0 Å². The maximum Gasteiger partial charge on any atom is 0.124 e. The number of para-hydroxylation sites is 1. The largest absolute Gasteiger partial charge is 0.489 e. The number of nitrogens with two attached hydrogens (primary N) is 1. The molecule has 0 saturated carbocycles. The normalized spacial score (nSPS) is 11.7. The Morgan fingerprint density at radius 2 is 2.05 bits per heavy atom. The van der Waals surface area contributed by atoms with Gasteiger partial charge in [0.25, 0.3) is 0 Å². The van der Waals surface area contributed by atoms with Crippen LogP contribution in [0.2, 0.25) is 0 Å². The minimum atomic E-state index is -0.439. The summed E-state index contributed by atoms with van der Waals surface area (Å²) in [6.07, 6.45) is 0.804. The van der Waals surface area contributed by atoms with E-state index in [-0.39, 0.29) is 18.2 Å². The monoisotopic (exact) mass is 284 g/mol. The van der Waals surface area contributed by atoms with Gasteiger partial charge in [-0.25, -0.2) is 4.39 Å². The fourth-order valence-electron chi connectivity index (χ4n) is 2.10. The average molecular weight is 284 g/mol. The van der Waals surface area contributed by atoms with Gasteiger partial charge < -0.3 is 10.5 Å². The third kappa shape index (κ3) is 3.80. The average Bonchev–Trinajstić information content (AvgIpc) is 2.51. The van der Waals surface area contributed by atoms with Crippen LogP contribution in [0, 0.1) is 17.1 Å². The van der Waals surface area contributed by atoms with Crippen LogP contribution in [0.15, 0.2) is 42.5 Å². The van der Waals surface area contributed by atoms with E-state index in [9.17, 15) is 4.39 Å². The van der Waals surface area contributed by atoms with E-state index in [2.05, 4.69) is 0 Å². The molecule has 2 aromatic rings. The lowest BCUT2D eigenvalue weighted by Crippen LogP contribution is -2.10. The van der Waals surface area contributed by atoms with Crippen molar-refractivity contribution in [3.8, 4) is 11.8 Å². The topological polar surface area (TPSA) is 59.0 Å². The molecule has 0 radical (unpaired) electrons. The molecule has 4 heteroatoms. The molecule has 0 aliphatic heterocycles. The molecule has 3 nitrogen and oxygen atoms in total. The SMILES string of the molecule is CCC(N)c1ccccc1OCc1cc(F)cc(C#N)c1. The van der Waals surface area contributed by atoms with E-state index in [1.165, 1.54) is 12.1 Å². The number of hydrogen-bond acceptors (Lipinski definition) is 3. The predicted molar refractivity (Wildman–Crippen MR) is 79.1 cm³/mol. The van der Waals surface area contributed by atoms with Crippen molar-refractivity contribution in [3.63, 3.8) is 0 Å². The Kier molecular flexibility index (Phi) is 4.91. The van der Waals surface area contributed by atoms with Crippen molar-refractivity contribution in [1.82, 2.24) is 0 Å². The van der Waals surface area contributed by atoms with Crippen LogP contribution in [0.1, 0.15) is 36.1 Å². The second kappa shape index (κ2) is 6.87. The molecule has 0 heterocycles. The standard InChI is InChI=1S/C17H17FN2O/c1-2-16(20)15-5-3-4-6-17(15)21-11-13-7-12(10-19)8-14(18)9-13/h3-9,16H,2,11,20H2,1H3. The first-order valence-electron chi connectivity index (χ1n) is 6.81. The van der Waals surface area contributed by atoms with Crippen molar-refractivity contribution < 1.29 is 9.13 Å². The van der Waals surface area contributed by atoms with Gasteiger partial charge in [0.15, 0.2) is 0 Å². The molecule has 0 aliphatic rings. The van der Waals surface area contributed by atoms with Crippen molar-refractivity contribution in [2.75, 3.05) is 0 Å². The second-order valence-electron chi connectivity index (χ2n) is 4.80. The van der Waals surface area contributed by atoms with Crippen molar-refractivity contribution in [2.24, 2.45) is 5.73 Å². The van der Waals surface area contributed by atoms with Crippen molar-refractivity contribution in [1.29, 1.82) is 5.26 Å². The van der Waals surface area contributed by atoms with Gasteiger partial charge >= 0.3 is 0 Å². The number of hydrogen-bond donors (Lipinski definition) is 1. The highest BCUT2D eigenvalue weighted by molar-refractivity contribution is 5.37. The van der Waals surface area contributed by atoms with E-state index >= 15 is 0 Å². The molecular formula is C17H17FN2O. The van der Waals surface area contributed by atoms with Crippen molar-refractivity contribution >= 4 is 0 Å². The summed E-state index contributed by atoms with van der Waals surface area (Å²) >= 11 is 0. The lowest BCUT2D eigenvalue weighted by molar-refractivity contribution is 0.300. The van der Waals surface area contributed by atoms with Crippen molar-refractivity contribution in [2.45, 2.75) is 26.0 Å². The molecule has 1 atom stereocenters. The molecule has 0 saturated heterocycles. The zero-order valence-corrected chi connectivity index (χ0v) is 11.8. The maximum atomic E-state index is 13.4. The molecule has 0 amide bonds. The Labute approximate surface area is 123 Å². The molecule has 1 unspecified atom stereocenters. The Balaban J connectivity index is 2.17. The third-order valence-corrected chi connectivity index (χ3v) is 3.24. The fraction of sp³-hybridized carbons (Fsp3) is 0.235. The highest BCUT2D eigenvalue weighted by Gasteiger charge is 2.10. The number of rotatable bonds is 5. The number of halogens is 1. The third-order valence-electron chi connectivity index (χ3n) is 3.24. The second-order valence-corrected chi connectivity index (χ2v) is 4.80. The molecule has 2 aromatic carbocycles. The first-order chi connectivity index (χ1) is 10.1. The van der Waals surface area contributed by atoms with E-state index < -0.39 is 5.82 Å². The minimum absolute atomic E-state index is 0.0941. The fourth-order valence-corrected chi connectivity index (χ4v) is 2.10. The summed E-state index contributed by atoms with van der Waals surface area (Å²) in [5.74, 6) is 0.251. The molecule has 2 N–H and O–H groups in total. The molecule has 21 heavy (non-hydrogen) atoms. The van der Waals surface area contributed by atoms with E-state index in [1.807, 2.05) is 37.3 Å². The molecule has 108 valence electrons. The summed E-state index contributed by atoms with van der Waals surface area (Å²) in [6, 6.07) is 13.6. The van der Waals surface area contributed by atoms with Gasteiger partial charge in [-0.3, -0.25) is 0 Å². The summed E-state index contributed by atoms with van der Waals surface area (Å²) in [7, 11) is 0. The van der Waals surface area contributed by atoms with E-state index in [0.29, 0.717) is 11.3 Å². The van der Waals surface area contributed by atoms with E-state index in [4.69, 9.17) is 15.7 Å². The van der Waals surface area contributed by atoms with Crippen LogP contribution >= 0.6 is 0 Å². The predicted octanol–water partition coefficient (Wildman–Crippen LogP) is 3.69. The van der Waals surface area contributed by atoms with Gasteiger partial charge in [0.1, 0.15) is 18.2 Å². The Morgan fingerprint density at radius 1 is 1.29 bits per heavy atom. The molecule has 0 bridgehead atoms. The number of nitriles is 1. The Hall–Kier alpha value is -2.38. The van der Waals surface area contributed by atoms with Crippen LogP contribution in [0.25, 0.3) is 0 Å². The molecule has 0 fully saturated rings. The van der Waals surface area contributed by atoms with Gasteiger partial charge in [-0.15, -0.1) is 0 Å². The van der Waals surface area contributed by atoms with Gasteiger partial charge in [0, 0.05) is 11.6 Å². The molecule has 2 rings (SSSR count). The summed E-state index contributed by atoms with van der Waals surface area (Å²) < 4.78 is 19.1. The van der Waals surface area contributed by atoms with Gasteiger partial charge in [-0.05, 0) is 36.2 Å². The Morgan fingerprint density at radius 3 is 2.76 bits per heavy atom. The maximum absolute atomic E-state index is 13.4. The molecular weight excluding hydrogens is 267 g/mol. The van der Waals surface area contributed by atoms with Gasteiger partial charge in [-0.2, -0.15) is 5.26 Å². The van der Waals surface area contributed by atoms with Crippen LogP contribution in [-0.4, -0.2) is 0 Å². The Bertz CT molecular complexity index is 664. The number of benzene rings is 2. The van der Waals surface area contributed by atoms with Crippen LogP contribution in [0.5, 0.6) is 5.75 Å². The van der Waals surface area contributed by atoms with Crippen LogP contribution < -0.4 is 10.5 Å². The quantitative estimate of drug-likeness (QED) is 0.911. The lowest BCUT2D eigenvalue weighted by atomic mass is 10.0. The van der Waals surface area contributed by atoms with Crippen molar-refractivity contribution in [3.05, 3.63) is 65.0 Å². The molecule has 0 aliphatic carbocycles. The zero-order valence-electron chi connectivity index (χ0n) is 11.8. The smallest absolute Gasteiger partial charge is 0.124 e. The number of ether oxygens (including phenoxy) is 1. The summed E-state index contributed by atoms with van der Waals surface area (Å²) in [5.41, 5.74) is 7.88. The first-order valence-corrected chi connectivity index (χ1v) is 6.81. The first kappa shape index (κ1) is 15.0. The highest BCUT2D eigenvalue weighted by atomic mass is 19.1. The van der Waals surface area contributed by atoms with Gasteiger partial charge in [-0.1, -0.05) is 25.1 Å². The number of nitrogens with zero attached hydrogens (tertiary/aromatic N) is 1. The van der Waals surface area contributed by atoms with Crippen LogP contribution in [-0.2, 0) is 6.61 Å². The van der Waals surface area contributed by atoms with E-state index in [1.54, 1.807) is 6.07 Å². The minimum Gasteiger partial charge on any atom is -0.489 e. The molecule has 0 aromatic heterocycles. The lowest BCUT2D eigenvalue weighted by Gasteiger charge is -2.15. The zero-order chi connectivity index (χ0) is 15.2. The van der Waals surface area contributed by atoms with Gasteiger partial charge in [0.05, 0.1) is 11.6 Å². The summed E-state index contributed by atoms with van der Waals surface area (Å²) in [4.78, 5) is 0. The van der Waals surface area contributed by atoms with Crippen LogP contribution in [0.3, 0.4) is 0 Å². The van der Waals surface area contributed by atoms with E-state index in [0.717, 1.165) is 12.0 Å². The van der Waals surface area contributed by atoms with Crippen LogP contribution in [0.4, 0.5) is 4.39 Å². The molecule has 0 spiro atoms. The summed E-state index contributed by atoms with van der Waals surface area (Å²) in [6.45, 7) is 2.20.